The average Bonchev–Trinajstić information content (AvgIpc) is 2.53. The SMILES string of the molecule is CN(C(=O)C(N)=O)c1ccc(Cl)cc1C(=O)c1ccccc1. The van der Waals surface area contributed by atoms with E-state index in [0.717, 1.165) is 4.90 Å². The molecule has 2 aromatic carbocycles. The smallest absolute Gasteiger partial charge is 0.315 e. The van der Waals surface area contributed by atoms with Crippen LogP contribution in [0.25, 0.3) is 0 Å². The van der Waals surface area contributed by atoms with Crippen LogP contribution in [-0.4, -0.2) is 24.6 Å². The summed E-state index contributed by atoms with van der Waals surface area (Å²) in [7, 11) is 1.37. The van der Waals surface area contributed by atoms with Crippen molar-refractivity contribution in [2.24, 2.45) is 5.73 Å². The Morgan fingerprint density at radius 2 is 1.68 bits per heavy atom. The molecular formula is C16H13ClN2O3. The molecule has 0 heterocycles. The molecule has 22 heavy (non-hydrogen) atoms. The van der Waals surface area contributed by atoms with Crippen LogP contribution >= 0.6 is 11.6 Å². The lowest BCUT2D eigenvalue weighted by Gasteiger charge is -2.19. The minimum atomic E-state index is -1.10. The number of hydrogen-bond acceptors (Lipinski definition) is 3. The van der Waals surface area contributed by atoms with Crippen LogP contribution in [0, 0.1) is 0 Å². The van der Waals surface area contributed by atoms with Crippen LogP contribution in [-0.2, 0) is 9.59 Å². The second kappa shape index (κ2) is 6.41. The summed E-state index contributed by atoms with van der Waals surface area (Å²) < 4.78 is 0. The van der Waals surface area contributed by atoms with Crippen molar-refractivity contribution in [3.05, 3.63) is 64.7 Å². The molecule has 112 valence electrons. The number of hydrogen-bond donors (Lipinski definition) is 1. The van der Waals surface area contributed by atoms with Crippen LogP contribution in [0.1, 0.15) is 15.9 Å². The molecule has 5 nitrogen and oxygen atoms in total. The van der Waals surface area contributed by atoms with Crippen LogP contribution in [0.4, 0.5) is 5.69 Å². The number of halogens is 1. The lowest BCUT2D eigenvalue weighted by molar-refractivity contribution is -0.135. The highest BCUT2D eigenvalue weighted by atomic mass is 35.5. The fourth-order valence-electron chi connectivity index (χ4n) is 2.00. The third-order valence-electron chi connectivity index (χ3n) is 3.12. The van der Waals surface area contributed by atoms with Gasteiger partial charge in [-0.25, -0.2) is 0 Å². The molecule has 0 radical (unpaired) electrons. The first kappa shape index (κ1) is 15.7. The molecule has 0 unspecified atom stereocenters. The second-order valence-corrected chi connectivity index (χ2v) is 5.02. The topological polar surface area (TPSA) is 80.5 Å². The Morgan fingerprint density at radius 1 is 1.05 bits per heavy atom. The molecule has 0 atom stereocenters. The van der Waals surface area contributed by atoms with E-state index >= 15 is 0 Å². The number of carbonyl (C=O) groups excluding carboxylic acids is 3. The van der Waals surface area contributed by atoms with Gasteiger partial charge in [-0.05, 0) is 18.2 Å². The number of benzene rings is 2. The number of carbonyl (C=O) groups is 3. The Labute approximate surface area is 132 Å². The predicted octanol–water partition coefficient (Wildman–Crippen LogP) is 2.02. The van der Waals surface area contributed by atoms with Crippen molar-refractivity contribution in [1.29, 1.82) is 0 Å². The van der Waals surface area contributed by atoms with Gasteiger partial charge in [0, 0.05) is 23.2 Å². The summed E-state index contributed by atoms with van der Waals surface area (Å²) in [6, 6.07) is 13.1. The van der Waals surface area contributed by atoms with Gasteiger partial charge in [-0.2, -0.15) is 0 Å². The van der Waals surface area contributed by atoms with Crippen molar-refractivity contribution >= 4 is 34.9 Å². The zero-order valence-corrected chi connectivity index (χ0v) is 12.5. The van der Waals surface area contributed by atoms with Crippen molar-refractivity contribution in [1.82, 2.24) is 0 Å². The first-order chi connectivity index (χ1) is 10.4. The summed E-state index contributed by atoms with van der Waals surface area (Å²) in [6.45, 7) is 0. The molecule has 0 fully saturated rings. The van der Waals surface area contributed by atoms with E-state index in [0.29, 0.717) is 10.6 Å². The molecule has 0 aromatic heterocycles. The van der Waals surface area contributed by atoms with E-state index in [1.54, 1.807) is 30.3 Å². The molecule has 2 aromatic rings. The maximum atomic E-state index is 12.6. The quantitative estimate of drug-likeness (QED) is 0.695. The van der Waals surface area contributed by atoms with Gasteiger partial charge in [-0.3, -0.25) is 14.4 Å². The number of likely N-dealkylation sites (N-methyl/N-ethyl adjacent to an activating group) is 1. The molecule has 0 spiro atoms. The van der Waals surface area contributed by atoms with Gasteiger partial charge in [0.15, 0.2) is 5.78 Å². The third kappa shape index (κ3) is 3.15. The van der Waals surface area contributed by atoms with Crippen LogP contribution in [0.5, 0.6) is 0 Å². The molecule has 0 bridgehead atoms. The maximum absolute atomic E-state index is 12.6. The zero-order valence-electron chi connectivity index (χ0n) is 11.7. The lowest BCUT2D eigenvalue weighted by atomic mass is 10.0. The minimum Gasteiger partial charge on any atom is -0.361 e. The van der Waals surface area contributed by atoms with Crippen LogP contribution in [0.2, 0.25) is 5.02 Å². The molecular weight excluding hydrogens is 304 g/mol. The van der Waals surface area contributed by atoms with Gasteiger partial charge >= 0.3 is 11.8 Å². The van der Waals surface area contributed by atoms with Gasteiger partial charge in [-0.1, -0.05) is 41.9 Å². The summed E-state index contributed by atoms with van der Waals surface area (Å²) in [4.78, 5) is 36.4. The number of amides is 2. The summed E-state index contributed by atoms with van der Waals surface area (Å²) >= 11 is 5.95. The number of nitrogens with two attached hydrogens (primary N) is 1. The summed E-state index contributed by atoms with van der Waals surface area (Å²) in [5.41, 5.74) is 5.93. The highest BCUT2D eigenvalue weighted by Gasteiger charge is 2.22. The number of rotatable bonds is 3. The van der Waals surface area contributed by atoms with Crippen LogP contribution < -0.4 is 10.6 Å². The highest BCUT2D eigenvalue weighted by molar-refractivity contribution is 6.40. The Hall–Kier alpha value is -2.66. The lowest BCUT2D eigenvalue weighted by Crippen LogP contribution is -2.38. The Morgan fingerprint density at radius 3 is 2.27 bits per heavy atom. The molecule has 0 saturated heterocycles. The number of ketones is 1. The number of primary amides is 1. The van der Waals surface area contributed by atoms with Crippen molar-refractivity contribution in [2.75, 3.05) is 11.9 Å². The van der Waals surface area contributed by atoms with Gasteiger partial charge in [0.1, 0.15) is 0 Å². The van der Waals surface area contributed by atoms with Gasteiger partial charge in [0.05, 0.1) is 5.69 Å². The monoisotopic (exact) mass is 316 g/mol. The summed E-state index contributed by atoms with van der Waals surface area (Å²) in [6.07, 6.45) is 0. The average molecular weight is 317 g/mol. The number of anilines is 1. The Bertz CT molecular complexity index is 744. The van der Waals surface area contributed by atoms with Crippen molar-refractivity contribution < 1.29 is 14.4 Å². The van der Waals surface area contributed by atoms with Crippen molar-refractivity contribution in [2.45, 2.75) is 0 Å². The first-order valence-electron chi connectivity index (χ1n) is 6.38. The summed E-state index contributed by atoms with van der Waals surface area (Å²) in [5, 5.41) is 0.350. The molecule has 0 aliphatic rings. The molecule has 2 amide bonds. The predicted molar refractivity (Wildman–Crippen MR) is 83.9 cm³/mol. The Kier molecular flexibility index (Phi) is 4.58. The summed E-state index contributed by atoms with van der Waals surface area (Å²) in [5.74, 6) is -2.32. The van der Waals surface area contributed by atoms with E-state index in [9.17, 15) is 14.4 Å². The van der Waals surface area contributed by atoms with E-state index in [2.05, 4.69) is 0 Å². The second-order valence-electron chi connectivity index (χ2n) is 4.59. The van der Waals surface area contributed by atoms with E-state index in [1.807, 2.05) is 0 Å². The third-order valence-corrected chi connectivity index (χ3v) is 3.35. The van der Waals surface area contributed by atoms with Crippen LogP contribution in [0.15, 0.2) is 48.5 Å². The molecule has 2 rings (SSSR count). The maximum Gasteiger partial charge on any atom is 0.315 e. The van der Waals surface area contributed by atoms with Crippen molar-refractivity contribution in [3.8, 4) is 0 Å². The normalized spacial score (nSPS) is 10.1. The zero-order chi connectivity index (χ0) is 16.3. The highest BCUT2D eigenvalue weighted by Crippen LogP contribution is 2.26. The van der Waals surface area contributed by atoms with E-state index in [1.165, 1.54) is 25.2 Å². The minimum absolute atomic E-state index is 0.218. The van der Waals surface area contributed by atoms with Gasteiger partial charge < -0.3 is 10.6 Å². The largest absolute Gasteiger partial charge is 0.361 e. The van der Waals surface area contributed by atoms with Gasteiger partial charge in [-0.15, -0.1) is 0 Å². The fourth-order valence-corrected chi connectivity index (χ4v) is 2.17. The Balaban J connectivity index is 2.51. The fraction of sp³-hybridized carbons (Fsp3) is 0.0625. The van der Waals surface area contributed by atoms with E-state index in [-0.39, 0.29) is 17.0 Å². The van der Waals surface area contributed by atoms with Crippen molar-refractivity contribution in [3.63, 3.8) is 0 Å². The standard InChI is InChI=1S/C16H13ClN2O3/c1-19(16(22)15(18)21)13-8-7-11(17)9-12(13)14(20)10-5-3-2-4-6-10/h2-9H,1H3,(H2,18,21). The molecule has 0 saturated carbocycles. The van der Waals surface area contributed by atoms with Gasteiger partial charge in [0.2, 0.25) is 0 Å². The molecule has 0 aliphatic carbocycles. The van der Waals surface area contributed by atoms with Gasteiger partial charge in [0.25, 0.3) is 0 Å². The molecule has 6 heteroatoms. The van der Waals surface area contributed by atoms with Crippen LogP contribution in [0.3, 0.4) is 0 Å². The molecule has 0 aliphatic heterocycles. The van der Waals surface area contributed by atoms with E-state index in [4.69, 9.17) is 17.3 Å². The first-order valence-corrected chi connectivity index (χ1v) is 6.76. The molecule has 2 N–H and O–H groups in total. The number of nitrogens with zero attached hydrogens (tertiary/aromatic N) is 1. The van der Waals surface area contributed by atoms with E-state index < -0.39 is 11.8 Å².